The van der Waals surface area contributed by atoms with Crippen molar-refractivity contribution in [1.82, 2.24) is 14.8 Å². The van der Waals surface area contributed by atoms with Crippen LogP contribution in [-0.4, -0.2) is 33.9 Å². The van der Waals surface area contributed by atoms with Crippen LogP contribution in [0.5, 0.6) is 0 Å². The van der Waals surface area contributed by atoms with Gasteiger partial charge in [0, 0.05) is 23.1 Å². The summed E-state index contributed by atoms with van der Waals surface area (Å²) in [4.78, 5) is 38.6. The van der Waals surface area contributed by atoms with E-state index < -0.39 is 17.8 Å². The van der Waals surface area contributed by atoms with Crippen LogP contribution in [0.25, 0.3) is 6.08 Å². The minimum atomic E-state index is -0.582. The first-order valence-corrected chi connectivity index (χ1v) is 11.2. The first-order chi connectivity index (χ1) is 15.3. The third-order valence-electron chi connectivity index (χ3n) is 6.36. The largest absolute Gasteiger partial charge is 0.346 e. The van der Waals surface area contributed by atoms with Crippen LogP contribution in [0.4, 0.5) is 10.5 Å². The van der Waals surface area contributed by atoms with Crippen LogP contribution >= 0.6 is 0 Å². The summed E-state index contributed by atoms with van der Waals surface area (Å²) < 4.78 is 2.36. The molecule has 1 aromatic carbocycles. The van der Waals surface area contributed by atoms with Gasteiger partial charge in [-0.1, -0.05) is 37.0 Å². The third-order valence-corrected chi connectivity index (χ3v) is 6.36. The molecule has 2 heterocycles. The molecule has 1 aromatic heterocycles. The van der Waals surface area contributed by atoms with Crippen LogP contribution in [0.15, 0.2) is 36.0 Å². The fraction of sp³-hybridized carbons (Fsp3) is 0.400. The lowest BCUT2D eigenvalue weighted by molar-refractivity contribution is -0.127. The number of rotatable bonds is 5. The van der Waals surface area contributed by atoms with E-state index in [1.807, 2.05) is 19.1 Å². The van der Waals surface area contributed by atoms with Gasteiger partial charge in [-0.2, -0.15) is 0 Å². The van der Waals surface area contributed by atoms with E-state index in [-0.39, 0.29) is 12.2 Å². The normalized spacial score (nSPS) is 18.3. The molecule has 1 saturated carbocycles. The van der Waals surface area contributed by atoms with E-state index in [1.54, 1.807) is 18.2 Å². The topological polar surface area (TPSA) is 83.4 Å². The molecule has 0 bridgehead atoms. The van der Waals surface area contributed by atoms with E-state index >= 15 is 0 Å². The summed E-state index contributed by atoms with van der Waals surface area (Å²) >= 11 is 0. The Morgan fingerprint density at radius 1 is 1.09 bits per heavy atom. The highest BCUT2D eigenvalue weighted by molar-refractivity contribution is 6.16. The standard InChI is InChI=1S/C25H30N4O3/c1-16-9-11-20(12-10-16)26-23(30)15-28-24(31)22(27-25(28)32)14-19-13-17(2)29(18(19)3)21-7-5-4-6-8-21/h9-14,21H,4-8,15H2,1-3H3,(H,26,30)(H,27,32)/b22-14+. The lowest BCUT2D eigenvalue weighted by atomic mass is 9.95. The number of hydrogen-bond acceptors (Lipinski definition) is 3. The van der Waals surface area contributed by atoms with Gasteiger partial charge in [0.2, 0.25) is 5.91 Å². The predicted octanol–water partition coefficient (Wildman–Crippen LogP) is 4.45. The molecule has 1 aliphatic heterocycles. The molecule has 2 aliphatic rings. The molecule has 1 aliphatic carbocycles. The highest BCUT2D eigenvalue weighted by Crippen LogP contribution is 2.33. The van der Waals surface area contributed by atoms with E-state index in [0.29, 0.717) is 11.7 Å². The average Bonchev–Trinajstić information content (AvgIpc) is 3.19. The second kappa shape index (κ2) is 9.02. The van der Waals surface area contributed by atoms with Gasteiger partial charge in [-0.25, -0.2) is 9.69 Å². The first-order valence-electron chi connectivity index (χ1n) is 11.2. The summed E-state index contributed by atoms with van der Waals surface area (Å²) in [5, 5.41) is 5.35. The molecule has 0 radical (unpaired) electrons. The van der Waals surface area contributed by atoms with Crippen LogP contribution < -0.4 is 10.6 Å². The van der Waals surface area contributed by atoms with Crippen molar-refractivity contribution in [3.8, 4) is 0 Å². The molecule has 32 heavy (non-hydrogen) atoms. The molecular formula is C25H30N4O3. The lowest BCUT2D eigenvalue weighted by Gasteiger charge is -2.26. The number of hydrogen-bond donors (Lipinski definition) is 2. The molecule has 0 unspecified atom stereocenters. The summed E-state index contributed by atoms with van der Waals surface area (Å²) in [5.74, 6) is -0.911. The number of imide groups is 1. The summed E-state index contributed by atoms with van der Waals surface area (Å²) in [6, 6.07) is 9.30. The number of aromatic nitrogens is 1. The number of carbonyl (C=O) groups is 3. The molecule has 0 spiro atoms. The Labute approximate surface area is 188 Å². The molecule has 168 valence electrons. The zero-order valence-corrected chi connectivity index (χ0v) is 18.9. The van der Waals surface area contributed by atoms with E-state index in [0.717, 1.165) is 27.4 Å². The summed E-state index contributed by atoms with van der Waals surface area (Å²) in [5.41, 5.74) is 5.07. The van der Waals surface area contributed by atoms with Crippen molar-refractivity contribution in [3.63, 3.8) is 0 Å². The number of benzene rings is 1. The fourth-order valence-electron chi connectivity index (χ4n) is 4.70. The van der Waals surface area contributed by atoms with Crippen LogP contribution in [0.3, 0.4) is 0 Å². The van der Waals surface area contributed by atoms with E-state index in [2.05, 4.69) is 35.1 Å². The van der Waals surface area contributed by atoms with Crippen molar-refractivity contribution >= 4 is 29.6 Å². The zero-order valence-electron chi connectivity index (χ0n) is 18.9. The Balaban J connectivity index is 1.47. The Hall–Kier alpha value is -3.35. The SMILES string of the molecule is Cc1ccc(NC(=O)CN2C(=O)N/C(=C/c3cc(C)n(C4CCCCC4)c3C)C2=O)cc1. The van der Waals surface area contributed by atoms with Crippen molar-refractivity contribution in [3.05, 3.63) is 58.5 Å². The van der Waals surface area contributed by atoms with Crippen molar-refractivity contribution in [2.24, 2.45) is 0 Å². The van der Waals surface area contributed by atoms with Gasteiger partial charge in [0.05, 0.1) is 0 Å². The maximum Gasteiger partial charge on any atom is 0.329 e. The zero-order chi connectivity index (χ0) is 22.8. The minimum Gasteiger partial charge on any atom is -0.346 e. The second-order valence-electron chi connectivity index (χ2n) is 8.78. The smallest absolute Gasteiger partial charge is 0.329 e. The second-order valence-corrected chi connectivity index (χ2v) is 8.78. The molecule has 2 fully saturated rings. The van der Waals surface area contributed by atoms with Gasteiger partial charge in [-0.3, -0.25) is 9.59 Å². The lowest BCUT2D eigenvalue weighted by Crippen LogP contribution is -2.38. The van der Waals surface area contributed by atoms with E-state index in [1.165, 1.54) is 32.1 Å². The molecule has 7 heteroatoms. The van der Waals surface area contributed by atoms with Crippen molar-refractivity contribution in [1.29, 1.82) is 0 Å². The number of nitrogens with one attached hydrogen (secondary N) is 2. The van der Waals surface area contributed by atoms with Gasteiger partial charge >= 0.3 is 6.03 Å². The summed E-state index contributed by atoms with van der Waals surface area (Å²) in [7, 11) is 0. The van der Waals surface area contributed by atoms with Crippen LogP contribution in [0.2, 0.25) is 0 Å². The quantitative estimate of drug-likeness (QED) is 0.539. The highest BCUT2D eigenvalue weighted by Gasteiger charge is 2.35. The highest BCUT2D eigenvalue weighted by atomic mass is 16.2. The van der Waals surface area contributed by atoms with Crippen LogP contribution in [0, 0.1) is 20.8 Å². The Kier molecular flexibility index (Phi) is 6.17. The first kappa shape index (κ1) is 21.9. The van der Waals surface area contributed by atoms with Crippen molar-refractivity contribution in [2.45, 2.75) is 58.9 Å². The number of urea groups is 1. The molecule has 7 nitrogen and oxygen atoms in total. The minimum absolute atomic E-state index is 0.196. The van der Waals surface area contributed by atoms with Crippen molar-refractivity contribution in [2.75, 3.05) is 11.9 Å². The maximum atomic E-state index is 12.8. The number of aryl methyl sites for hydroxylation is 2. The third kappa shape index (κ3) is 4.47. The number of carbonyl (C=O) groups excluding carboxylic acids is 3. The Bertz CT molecular complexity index is 1080. The number of amides is 4. The summed E-state index contributed by atoms with van der Waals surface area (Å²) in [6.07, 6.45) is 7.84. The Morgan fingerprint density at radius 2 is 1.78 bits per heavy atom. The Morgan fingerprint density at radius 3 is 2.47 bits per heavy atom. The predicted molar refractivity (Wildman–Crippen MR) is 124 cm³/mol. The average molecular weight is 435 g/mol. The molecule has 0 atom stereocenters. The number of anilines is 1. The molecule has 1 saturated heterocycles. The van der Waals surface area contributed by atoms with Gasteiger partial charge < -0.3 is 15.2 Å². The van der Waals surface area contributed by atoms with Crippen LogP contribution in [0.1, 0.15) is 60.7 Å². The van der Waals surface area contributed by atoms with Gasteiger partial charge in [0.15, 0.2) is 0 Å². The molecular weight excluding hydrogens is 404 g/mol. The van der Waals surface area contributed by atoms with Gasteiger partial charge in [0.1, 0.15) is 12.2 Å². The molecule has 4 rings (SSSR count). The number of nitrogens with zero attached hydrogens (tertiary/aromatic N) is 2. The van der Waals surface area contributed by atoms with Crippen molar-refractivity contribution < 1.29 is 14.4 Å². The monoisotopic (exact) mass is 434 g/mol. The van der Waals surface area contributed by atoms with E-state index in [4.69, 9.17) is 0 Å². The van der Waals surface area contributed by atoms with Gasteiger partial charge in [-0.05, 0) is 63.5 Å². The molecule has 4 amide bonds. The van der Waals surface area contributed by atoms with Gasteiger partial charge in [-0.15, -0.1) is 0 Å². The maximum absolute atomic E-state index is 12.8. The molecule has 2 aromatic rings. The van der Waals surface area contributed by atoms with Gasteiger partial charge in [0.25, 0.3) is 5.91 Å². The molecule has 2 N–H and O–H groups in total. The van der Waals surface area contributed by atoms with E-state index in [9.17, 15) is 14.4 Å². The van der Waals surface area contributed by atoms with Crippen LogP contribution in [-0.2, 0) is 9.59 Å². The fourth-order valence-corrected chi connectivity index (χ4v) is 4.70. The summed E-state index contributed by atoms with van der Waals surface area (Å²) in [6.45, 7) is 5.76.